The SMILES string of the molecule is C.CCN(CC)C(=O)C1(c2ccccc2)CC1CN.CCN(CC)C(=O)C1(c2ccccc2)CC1CN.CCN(CC)C(=O)C1(c2ccccc2)CC1CN.Cl.Cl.O=C(O)C(=O)O.O=C(O)C(=O)O. The number of carbonyl (C=O) groups excluding carboxylic acids is 3. The standard InChI is InChI=1S/3C15H22N2O.2C2H2O4.CH4.2ClH/c3*1-3-17(4-2)14(18)15(10-13(15)11-16)12-8-6-5-7-9-12;2*3-1(4)2(5)6;;;/h3*5-9,13H,3-4,10-11,16H2,1-2H3;2*(H,3,4)(H,5,6);1H4;2*1H. The highest BCUT2D eigenvalue weighted by atomic mass is 35.5. The second-order valence-corrected chi connectivity index (χ2v) is 16.1. The zero-order valence-electron chi connectivity index (χ0n) is 39.9. The Morgan fingerprint density at radius 1 is 0.420 bits per heavy atom. The molecule has 0 saturated heterocycles. The smallest absolute Gasteiger partial charge is 0.414 e. The van der Waals surface area contributed by atoms with E-state index in [1.54, 1.807) is 0 Å². The van der Waals surface area contributed by atoms with Crippen LogP contribution >= 0.6 is 24.8 Å². The summed E-state index contributed by atoms with van der Waals surface area (Å²) in [5, 5.41) is 29.6. The lowest BCUT2D eigenvalue weighted by atomic mass is 9.91. The van der Waals surface area contributed by atoms with Crippen LogP contribution in [0, 0.1) is 17.8 Å². The summed E-state index contributed by atoms with van der Waals surface area (Å²) in [5.74, 6) is -5.67. The van der Waals surface area contributed by atoms with Gasteiger partial charge in [0.25, 0.3) is 0 Å². The van der Waals surface area contributed by atoms with Crippen LogP contribution in [0.2, 0.25) is 0 Å². The highest BCUT2D eigenvalue weighted by Gasteiger charge is 2.62. The van der Waals surface area contributed by atoms with Gasteiger partial charge in [-0.2, -0.15) is 0 Å². The molecule has 3 saturated carbocycles. The summed E-state index contributed by atoms with van der Waals surface area (Å²) in [6.45, 7) is 18.5. The predicted molar refractivity (Wildman–Crippen MR) is 271 cm³/mol. The molecular formula is C50H76Cl2N6O11. The fourth-order valence-electron chi connectivity index (χ4n) is 8.65. The van der Waals surface area contributed by atoms with Crippen molar-refractivity contribution in [1.29, 1.82) is 0 Å². The van der Waals surface area contributed by atoms with E-state index in [9.17, 15) is 14.4 Å². The Hall–Kier alpha value is -5.59. The van der Waals surface area contributed by atoms with Crippen LogP contribution in [0.1, 0.15) is 84.9 Å². The maximum atomic E-state index is 12.7. The normalized spacial score (nSPS) is 21.5. The number of hydrogen-bond acceptors (Lipinski definition) is 10. The molecule has 0 bridgehead atoms. The molecule has 0 heterocycles. The summed E-state index contributed by atoms with van der Waals surface area (Å²) in [6.07, 6.45) is 2.68. The zero-order chi connectivity index (χ0) is 49.8. The predicted octanol–water partition coefficient (Wildman–Crippen LogP) is 5.11. The number of hydrogen-bond donors (Lipinski definition) is 7. The average molecular weight is 1010 g/mol. The van der Waals surface area contributed by atoms with Gasteiger partial charge >= 0.3 is 23.9 Å². The minimum Gasteiger partial charge on any atom is -0.473 e. The van der Waals surface area contributed by atoms with Gasteiger partial charge in [0.05, 0.1) is 16.2 Å². The van der Waals surface area contributed by atoms with Gasteiger partial charge in [0.15, 0.2) is 0 Å². The fourth-order valence-corrected chi connectivity index (χ4v) is 8.65. The Bertz CT molecular complexity index is 1820. The molecule has 19 heteroatoms. The van der Waals surface area contributed by atoms with Gasteiger partial charge in [-0.25, -0.2) is 19.2 Å². The number of nitrogens with zero attached hydrogens (tertiary/aromatic N) is 3. The Morgan fingerprint density at radius 2 is 0.594 bits per heavy atom. The molecule has 3 aromatic rings. The third-order valence-corrected chi connectivity index (χ3v) is 12.7. The molecule has 386 valence electrons. The first-order valence-corrected chi connectivity index (χ1v) is 22.5. The van der Waals surface area contributed by atoms with Crippen molar-refractivity contribution >= 4 is 66.4 Å². The minimum atomic E-state index is -1.82. The van der Waals surface area contributed by atoms with Crippen molar-refractivity contribution in [3.05, 3.63) is 108 Å². The van der Waals surface area contributed by atoms with Crippen molar-refractivity contribution < 1.29 is 54.0 Å². The lowest BCUT2D eigenvalue weighted by Crippen LogP contribution is -2.40. The lowest BCUT2D eigenvalue weighted by molar-refractivity contribution is -0.159. The van der Waals surface area contributed by atoms with Crippen LogP contribution in [-0.4, -0.2) is 136 Å². The minimum absolute atomic E-state index is 0. The Labute approximate surface area is 419 Å². The third kappa shape index (κ3) is 16.0. The van der Waals surface area contributed by atoms with E-state index < -0.39 is 23.9 Å². The number of nitrogens with two attached hydrogens (primary N) is 3. The molecule has 0 aliphatic heterocycles. The van der Waals surface area contributed by atoms with Gasteiger partial charge in [-0.05, 0) is 115 Å². The average Bonchev–Trinajstić information content (AvgIpc) is 4.27. The van der Waals surface area contributed by atoms with Crippen molar-refractivity contribution in [3.63, 3.8) is 0 Å². The summed E-state index contributed by atoms with van der Waals surface area (Å²) in [7, 11) is 0. The van der Waals surface area contributed by atoms with Crippen LogP contribution in [0.4, 0.5) is 0 Å². The molecule has 17 nitrogen and oxygen atoms in total. The summed E-state index contributed by atoms with van der Waals surface area (Å²) < 4.78 is 0. The molecule has 6 unspecified atom stereocenters. The second-order valence-electron chi connectivity index (χ2n) is 16.1. The van der Waals surface area contributed by atoms with Gasteiger partial charge in [-0.15, -0.1) is 24.8 Å². The number of aliphatic carboxylic acids is 4. The first kappa shape index (κ1) is 65.5. The molecular weight excluding hydrogens is 931 g/mol. The van der Waals surface area contributed by atoms with E-state index in [2.05, 4.69) is 36.4 Å². The lowest BCUT2D eigenvalue weighted by Gasteiger charge is -2.26. The van der Waals surface area contributed by atoms with Gasteiger partial charge in [-0.1, -0.05) is 98.4 Å². The number of carboxylic acid groups (broad SMARTS) is 4. The summed E-state index contributed by atoms with van der Waals surface area (Å²) >= 11 is 0. The highest BCUT2D eigenvalue weighted by Crippen LogP contribution is 2.56. The largest absolute Gasteiger partial charge is 0.473 e. The molecule has 69 heavy (non-hydrogen) atoms. The van der Waals surface area contributed by atoms with Crippen molar-refractivity contribution in [2.75, 3.05) is 58.9 Å². The monoisotopic (exact) mass is 1010 g/mol. The topological polar surface area (TPSA) is 288 Å². The van der Waals surface area contributed by atoms with E-state index in [1.165, 1.54) is 0 Å². The first-order valence-electron chi connectivity index (χ1n) is 22.5. The fraction of sp³-hybridized carbons (Fsp3) is 0.500. The van der Waals surface area contributed by atoms with Gasteiger partial charge in [0.2, 0.25) is 17.7 Å². The number of carbonyl (C=O) groups is 7. The van der Waals surface area contributed by atoms with E-state index in [1.807, 2.05) is 111 Å². The molecule has 3 aliphatic carbocycles. The molecule has 0 radical (unpaired) electrons. The number of halogens is 2. The summed E-state index contributed by atoms with van der Waals surface area (Å²) in [4.78, 5) is 80.3. The molecule has 3 aliphatic rings. The number of likely N-dealkylation sites (N-methyl/N-ethyl adjacent to an activating group) is 3. The summed E-state index contributed by atoms with van der Waals surface area (Å²) in [5.41, 5.74) is 19.7. The molecule has 0 aromatic heterocycles. The molecule has 3 fully saturated rings. The van der Waals surface area contributed by atoms with Crippen LogP contribution in [0.15, 0.2) is 91.0 Å². The van der Waals surface area contributed by atoms with E-state index in [4.69, 9.17) is 56.8 Å². The van der Waals surface area contributed by atoms with E-state index in [0.29, 0.717) is 37.4 Å². The van der Waals surface area contributed by atoms with Crippen LogP contribution < -0.4 is 17.2 Å². The van der Waals surface area contributed by atoms with Crippen molar-refractivity contribution in [3.8, 4) is 0 Å². The Balaban J connectivity index is 0. The number of carboxylic acids is 4. The third-order valence-electron chi connectivity index (χ3n) is 12.7. The Kier molecular flexibility index (Phi) is 29.2. The Morgan fingerprint density at radius 3 is 0.710 bits per heavy atom. The van der Waals surface area contributed by atoms with Crippen LogP contribution in [0.5, 0.6) is 0 Å². The first-order chi connectivity index (χ1) is 31.4. The zero-order valence-corrected chi connectivity index (χ0v) is 41.5. The molecule has 10 N–H and O–H groups in total. The van der Waals surface area contributed by atoms with E-state index >= 15 is 0 Å². The molecule has 3 aromatic carbocycles. The quantitative estimate of drug-likeness (QED) is 0.0976. The molecule has 6 atom stereocenters. The van der Waals surface area contributed by atoms with Crippen molar-refractivity contribution in [2.45, 2.75) is 84.5 Å². The maximum absolute atomic E-state index is 12.7. The summed E-state index contributed by atoms with van der Waals surface area (Å²) in [6, 6.07) is 30.3. The maximum Gasteiger partial charge on any atom is 0.414 e. The molecule has 3 amide bonds. The van der Waals surface area contributed by atoms with Crippen LogP contribution in [0.3, 0.4) is 0 Å². The van der Waals surface area contributed by atoms with Gasteiger partial charge < -0.3 is 52.3 Å². The van der Waals surface area contributed by atoms with Crippen LogP contribution in [0.25, 0.3) is 0 Å². The van der Waals surface area contributed by atoms with E-state index in [0.717, 1.165) is 75.2 Å². The van der Waals surface area contributed by atoms with Gasteiger partial charge in [-0.3, -0.25) is 14.4 Å². The van der Waals surface area contributed by atoms with Crippen LogP contribution in [-0.2, 0) is 49.8 Å². The van der Waals surface area contributed by atoms with Crippen molar-refractivity contribution in [1.82, 2.24) is 14.7 Å². The van der Waals surface area contributed by atoms with E-state index in [-0.39, 0.29) is 66.2 Å². The molecule has 6 rings (SSSR count). The van der Waals surface area contributed by atoms with Crippen molar-refractivity contribution in [2.24, 2.45) is 35.0 Å². The molecule has 0 spiro atoms. The number of rotatable bonds is 15. The second kappa shape index (κ2) is 30.8. The highest BCUT2D eigenvalue weighted by molar-refractivity contribution is 6.27. The van der Waals surface area contributed by atoms with Gasteiger partial charge in [0.1, 0.15) is 0 Å². The van der Waals surface area contributed by atoms with Gasteiger partial charge in [0, 0.05) is 39.3 Å². The number of benzene rings is 3. The number of amides is 3.